The Morgan fingerprint density at radius 1 is 1.33 bits per heavy atom. The number of hydrogen-bond donors (Lipinski definition) is 0. The Labute approximate surface area is 145 Å². The summed E-state index contributed by atoms with van der Waals surface area (Å²) >= 11 is 0. The first kappa shape index (κ1) is 20.0. The zero-order valence-corrected chi connectivity index (χ0v) is 15.4. The molecule has 1 aliphatic heterocycles. The van der Waals surface area contributed by atoms with Gasteiger partial charge in [-0.05, 0) is 45.8 Å². The van der Waals surface area contributed by atoms with E-state index in [0.29, 0.717) is 25.2 Å². The summed E-state index contributed by atoms with van der Waals surface area (Å²) in [6.45, 7) is 16.0. The summed E-state index contributed by atoms with van der Waals surface area (Å²) in [5.41, 5.74) is 0.186. The van der Waals surface area contributed by atoms with E-state index >= 15 is 0 Å². The predicted molar refractivity (Wildman–Crippen MR) is 96.4 cm³/mol. The van der Waals surface area contributed by atoms with Gasteiger partial charge in [-0.15, -0.1) is 0 Å². The first-order valence-electron chi connectivity index (χ1n) is 8.48. The lowest BCUT2D eigenvalue weighted by molar-refractivity contribution is -0.131. The molecule has 24 heavy (non-hydrogen) atoms. The van der Waals surface area contributed by atoms with Gasteiger partial charge in [0, 0.05) is 25.2 Å². The number of allylic oxidation sites excluding steroid dienone is 3. The first-order valence-corrected chi connectivity index (χ1v) is 8.48. The number of amides is 2. The van der Waals surface area contributed by atoms with Crippen molar-refractivity contribution in [2.75, 3.05) is 13.1 Å². The Morgan fingerprint density at radius 2 is 2.00 bits per heavy atom. The standard InChI is InChI=1S/C19H30N2O3/c1-7-11-15(8-2)21(17(22)9-3)16-12-10-13-20(14-16)18(23)24-19(4,5)6/h7-8,11,16H,1-2,9-10,12-14H2,3-6H3/b15-11+. The van der Waals surface area contributed by atoms with Gasteiger partial charge in [0.15, 0.2) is 0 Å². The Hall–Kier alpha value is -2.04. The van der Waals surface area contributed by atoms with Crippen molar-refractivity contribution in [1.29, 1.82) is 0 Å². The molecule has 1 unspecified atom stereocenters. The second kappa shape index (κ2) is 8.71. The van der Waals surface area contributed by atoms with Crippen LogP contribution in [0.1, 0.15) is 47.0 Å². The van der Waals surface area contributed by atoms with Gasteiger partial charge in [-0.25, -0.2) is 4.79 Å². The smallest absolute Gasteiger partial charge is 0.410 e. The van der Waals surface area contributed by atoms with E-state index in [0.717, 1.165) is 12.8 Å². The fourth-order valence-corrected chi connectivity index (χ4v) is 2.75. The lowest BCUT2D eigenvalue weighted by atomic mass is 10.0. The van der Waals surface area contributed by atoms with E-state index in [4.69, 9.17) is 4.74 Å². The predicted octanol–water partition coefficient (Wildman–Crippen LogP) is 3.88. The third kappa shape index (κ3) is 5.55. The highest BCUT2D eigenvalue weighted by atomic mass is 16.6. The molecule has 0 aromatic rings. The van der Waals surface area contributed by atoms with Crippen molar-refractivity contribution in [2.24, 2.45) is 0 Å². The Bertz CT molecular complexity index is 517. The third-order valence-corrected chi connectivity index (χ3v) is 3.76. The number of rotatable bonds is 5. The summed E-state index contributed by atoms with van der Waals surface area (Å²) in [5, 5.41) is 0. The van der Waals surface area contributed by atoms with Crippen LogP contribution in [0.3, 0.4) is 0 Å². The minimum absolute atomic E-state index is 0.0130. The number of carbonyl (C=O) groups excluding carboxylic acids is 2. The van der Waals surface area contributed by atoms with Gasteiger partial charge < -0.3 is 14.5 Å². The SMILES string of the molecule is C=C/C=C(\C=C)N(C(=O)CC)C1CCCN(C(=O)OC(C)(C)C)C1. The zero-order chi connectivity index (χ0) is 18.3. The van der Waals surface area contributed by atoms with Gasteiger partial charge >= 0.3 is 6.09 Å². The summed E-state index contributed by atoms with van der Waals surface area (Å²) in [7, 11) is 0. The van der Waals surface area contributed by atoms with Gasteiger partial charge in [-0.1, -0.05) is 26.2 Å². The number of piperidine rings is 1. The minimum atomic E-state index is -0.530. The highest BCUT2D eigenvalue weighted by molar-refractivity contribution is 5.79. The molecular weight excluding hydrogens is 304 g/mol. The molecule has 1 fully saturated rings. The van der Waals surface area contributed by atoms with Crippen LogP contribution in [-0.2, 0) is 9.53 Å². The van der Waals surface area contributed by atoms with Crippen molar-refractivity contribution in [1.82, 2.24) is 9.80 Å². The Kier molecular flexibility index (Phi) is 7.26. The van der Waals surface area contributed by atoms with E-state index < -0.39 is 5.60 Å². The molecule has 0 aromatic carbocycles. The van der Waals surface area contributed by atoms with Gasteiger partial charge in [-0.3, -0.25) is 4.79 Å². The molecule has 5 heteroatoms. The molecule has 0 N–H and O–H groups in total. The molecule has 1 saturated heterocycles. The second-order valence-corrected chi connectivity index (χ2v) is 6.87. The maximum Gasteiger partial charge on any atom is 0.410 e. The van der Waals surface area contributed by atoms with Crippen LogP contribution in [0.25, 0.3) is 0 Å². The largest absolute Gasteiger partial charge is 0.444 e. The quantitative estimate of drug-likeness (QED) is 0.717. The zero-order valence-electron chi connectivity index (χ0n) is 15.4. The molecule has 0 spiro atoms. The van der Waals surface area contributed by atoms with E-state index in [-0.39, 0.29) is 18.0 Å². The molecule has 0 radical (unpaired) electrons. The summed E-state index contributed by atoms with van der Waals surface area (Å²) in [4.78, 5) is 28.2. The van der Waals surface area contributed by atoms with Crippen molar-refractivity contribution in [3.63, 3.8) is 0 Å². The molecular formula is C19H30N2O3. The molecule has 1 rings (SSSR count). The molecule has 5 nitrogen and oxygen atoms in total. The van der Waals surface area contributed by atoms with Crippen LogP contribution in [0.5, 0.6) is 0 Å². The maximum atomic E-state index is 12.5. The highest BCUT2D eigenvalue weighted by Crippen LogP contribution is 2.23. The summed E-state index contributed by atoms with van der Waals surface area (Å²) in [5.74, 6) is 0.0130. The monoisotopic (exact) mass is 334 g/mol. The molecule has 0 aliphatic carbocycles. The molecule has 1 heterocycles. The van der Waals surface area contributed by atoms with Crippen molar-refractivity contribution < 1.29 is 14.3 Å². The average Bonchev–Trinajstić information content (AvgIpc) is 2.52. The molecule has 1 aliphatic rings. The average molecular weight is 334 g/mol. The lowest BCUT2D eigenvalue weighted by Gasteiger charge is -2.40. The van der Waals surface area contributed by atoms with Gasteiger partial charge in [0.05, 0.1) is 6.04 Å². The molecule has 0 bridgehead atoms. The van der Waals surface area contributed by atoms with Gasteiger partial charge in [0.25, 0.3) is 0 Å². The van der Waals surface area contributed by atoms with Gasteiger partial charge in [0.2, 0.25) is 5.91 Å². The number of nitrogens with zero attached hydrogens (tertiary/aromatic N) is 2. The summed E-state index contributed by atoms with van der Waals surface area (Å²) in [6, 6.07) is -0.0806. The Morgan fingerprint density at radius 3 is 2.50 bits per heavy atom. The topological polar surface area (TPSA) is 49.9 Å². The van der Waals surface area contributed by atoms with Crippen molar-refractivity contribution in [3.8, 4) is 0 Å². The van der Waals surface area contributed by atoms with Crippen LogP contribution in [0.15, 0.2) is 37.1 Å². The molecule has 0 aromatic heterocycles. The van der Waals surface area contributed by atoms with Crippen molar-refractivity contribution >= 4 is 12.0 Å². The highest BCUT2D eigenvalue weighted by Gasteiger charge is 2.33. The lowest BCUT2D eigenvalue weighted by Crippen LogP contribution is -2.51. The fraction of sp³-hybridized carbons (Fsp3) is 0.579. The van der Waals surface area contributed by atoms with Crippen molar-refractivity contribution in [3.05, 3.63) is 37.1 Å². The third-order valence-electron chi connectivity index (χ3n) is 3.76. The van der Waals surface area contributed by atoms with E-state index in [2.05, 4.69) is 13.2 Å². The molecule has 1 atom stereocenters. The van der Waals surface area contributed by atoms with Crippen molar-refractivity contribution in [2.45, 2.75) is 58.6 Å². The van der Waals surface area contributed by atoms with Crippen LogP contribution in [0.2, 0.25) is 0 Å². The van der Waals surface area contributed by atoms with E-state index in [1.165, 1.54) is 0 Å². The number of likely N-dealkylation sites (tertiary alicyclic amines) is 1. The Balaban J connectivity index is 2.97. The van der Waals surface area contributed by atoms with Crippen LogP contribution in [0.4, 0.5) is 4.79 Å². The van der Waals surface area contributed by atoms with E-state index in [9.17, 15) is 9.59 Å². The molecule has 0 saturated carbocycles. The van der Waals surface area contributed by atoms with Crippen LogP contribution in [-0.4, -0.2) is 46.5 Å². The van der Waals surface area contributed by atoms with Gasteiger partial charge in [0.1, 0.15) is 5.60 Å². The second-order valence-electron chi connectivity index (χ2n) is 6.87. The van der Waals surface area contributed by atoms with Crippen LogP contribution >= 0.6 is 0 Å². The summed E-state index contributed by atoms with van der Waals surface area (Å²) < 4.78 is 5.46. The van der Waals surface area contributed by atoms with E-state index in [1.807, 2.05) is 27.7 Å². The normalized spacial score (nSPS) is 18.8. The number of carbonyl (C=O) groups is 2. The van der Waals surface area contributed by atoms with Crippen LogP contribution in [0, 0.1) is 0 Å². The maximum absolute atomic E-state index is 12.5. The summed E-state index contributed by atoms with van der Waals surface area (Å²) in [6.07, 6.45) is 6.80. The minimum Gasteiger partial charge on any atom is -0.444 e. The van der Waals surface area contributed by atoms with E-state index in [1.54, 1.807) is 28.0 Å². The molecule has 2 amide bonds. The van der Waals surface area contributed by atoms with Crippen LogP contribution < -0.4 is 0 Å². The fourth-order valence-electron chi connectivity index (χ4n) is 2.75. The number of ether oxygens (including phenoxy) is 1. The molecule has 134 valence electrons. The number of hydrogen-bond acceptors (Lipinski definition) is 3. The first-order chi connectivity index (χ1) is 11.2. The van der Waals surface area contributed by atoms with Gasteiger partial charge in [-0.2, -0.15) is 0 Å².